The Morgan fingerprint density at radius 1 is 1.80 bits per heavy atom. The molecule has 0 atom stereocenters. The van der Waals surface area contributed by atoms with Crippen molar-refractivity contribution < 1.29 is 29.7 Å². The van der Waals surface area contributed by atoms with Gasteiger partial charge in [-0.05, 0) is 6.92 Å². The molecule has 0 aliphatic heterocycles. The average Bonchev–Trinajstić information content (AvgIpc) is 1.46. The van der Waals surface area contributed by atoms with Crippen LogP contribution in [-0.2, 0) is 29.7 Å². The molecular weight excluding hydrogens is 276 g/mol. The van der Waals surface area contributed by atoms with Gasteiger partial charge in [-0.25, -0.2) is 0 Å². The molecule has 0 heterocycles. The number of carbonyl (C=O) groups excluding carboxylic acids is 1. The molecule has 27 valence electrons. The van der Waals surface area contributed by atoms with E-state index in [9.17, 15) is 0 Å². The third-order valence-electron chi connectivity index (χ3n) is 0. The van der Waals surface area contributed by atoms with Crippen molar-refractivity contribution in [2.75, 3.05) is 0 Å². The summed E-state index contributed by atoms with van der Waals surface area (Å²) in [5, 5.41) is 0. The summed E-state index contributed by atoms with van der Waals surface area (Å²) in [7, 11) is 4.83. The van der Waals surface area contributed by atoms with E-state index in [1.54, 1.807) is 0 Å². The molecule has 0 aromatic carbocycles. The van der Waals surface area contributed by atoms with Crippen LogP contribution in [0.5, 0.6) is 0 Å². The predicted molar refractivity (Wildman–Crippen MR) is 17.6 cm³/mol. The van der Waals surface area contributed by atoms with E-state index in [1.165, 1.54) is 6.92 Å². The predicted octanol–water partition coefficient (Wildman–Crippen LogP) is 0.892. The molecule has 0 radical (unpaired) electrons. The van der Waals surface area contributed by atoms with Crippen LogP contribution in [0.15, 0.2) is 0 Å². The summed E-state index contributed by atoms with van der Waals surface area (Å²) in [4.78, 5) is 8.81. The topological polar surface area (TPSA) is 17.1 Å². The first-order valence-corrected chi connectivity index (χ1v) is 7.85. The molecule has 0 rings (SSSR count). The van der Waals surface area contributed by atoms with Gasteiger partial charge in [0, 0.05) is 0 Å². The molecule has 0 saturated carbocycles. The molecule has 0 aliphatic carbocycles. The molecule has 0 aliphatic rings. The maximum absolute atomic E-state index is 8.81. The summed E-state index contributed by atoms with van der Waals surface area (Å²) in [5.74, 6) is 0. The molecule has 5 heavy (non-hydrogen) atoms. The molecule has 1 nitrogen and oxygen atoms in total. The quantitative estimate of drug-likeness (QED) is 0.476. The van der Waals surface area contributed by atoms with Crippen molar-refractivity contribution in [2.24, 2.45) is 0 Å². The molecule has 0 spiro atoms. The summed E-state index contributed by atoms with van der Waals surface area (Å²) in [6.07, 6.45) is 0.750. The first kappa shape index (κ1) is 9.31. The Balaban J connectivity index is 0. The normalized spacial score (nSPS) is 4.00. The van der Waals surface area contributed by atoms with Gasteiger partial charge in [-0.2, -0.15) is 0 Å². The standard InChI is InChI=1S/C2H4O.ClH.Hg/c1-2-3;;/h2H,1H3;1H;/q;;+1/p-1. The van der Waals surface area contributed by atoms with Gasteiger partial charge >= 0.3 is 33.1 Å². The van der Waals surface area contributed by atoms with Gasteiger partial charge in [-0.1, -0.05) is 0 Å². The number of halogens is 1. The van der Waals surface area contributed by atoms with Gasteiger partial charge in [-0.15, -0.1) is 0 Å². The monoisotopic (exact) mass is 281 g/mol. The third-order valence-corrected chi connectivity index (χ3v) is 0. The van der Waals surface area contributed by atoms with E-state index in [-0.39, 0.29) is 0 Å². The number of carbonyl (C=O) groups is 1. The van der Waals surface area contributed by atoms with E-state index in [0.29, 0.717) is 24.9 Å². The van der Waals surface area contributed by atoms with Crippen molar-refractivity contribution in [1.29, 1.82) is 0 Å². The molecule has 0 fully saturated rings. The van der Waals surface area contributed by atoms with Gasteiger partial charge in [0.05, 0.1) is 0 Å². The number of hydrogen-bond donors (Lipinski definition) is 0. The maximum atomic E-state index is 8.81. The molecule has 3 heteroatoms. The fourth-order valence-electron chi connectivity index (χ4n) is 0. The summed E-state index contributed by atoms with van der Waals surface area (Å²) in [6.45, 7) is 1.44. The van der Waals surface area contributed by atoms with Crippen molar-refractivity contribution in [3.05, 3.63) is 0 Å². The van der Waals surface area contributed by atoms with Crippen LogP contribution in [0.1, 0.15) is 6.92 Å². The second-order valence-electron chi connectivity index (χ2n) is 0.236. The van der Waals surface area contributed by atoms with Gasteiger partial charge in [0.2, 0.25) is 0 Å². The first-order chi connectivity index (χ1) is 2.41. The zero-order valence-electron chi connectivity index (χ0n) is 3.07. The van der Waals surface area contributed by atoms with Gasteiger partial charge in [0.1, 0.15) is 6.29 Å². The second-order valence-corrected chi connectivity index (χ2v) is 0.236. The summed E-state index contributed by atoms with van der Waals surface area (Å²) in [5.41, 5.74) is 0. The average molecular weight is 280 g/mol. The van der Waals surface area contributed by atoms with Crippen LogP contribution in [0, 0.1) is 0 Å². The zero-order valence-corrected chi connectivity index (χ0v) is 9.32. The van der Waals surface area contributed by atoms with Crippen LogP contribution in [0.25, 0.3) is 0 Å². The Labute approximate surface area is 51.1 Å². The van der Waals surface area contributed by atoms with E-state index < -0.39 is 0 Å². The van der Waals surface area contributed by atoms with Crippen LogP contribution < -0.4 is 0 Å². The summed E-state index contributed by atoms with van der Waals surface area (Å²) in [6, 6.07) is 0. The van der Waals surface area contributed by atoms with Gasteiger partial charge < -0.3 is 4.79 Å². The van der Waals surface area contributed by atoms with Crippen LogP contribution in [0.2, 0.25) is 0 Å². The van der Waals surface area contributed by atoms with Gasteiger partial charge in [0.25, 0.3) is 0 Å². The molecule has 0 saturated heterocycles. The van der Waals surface area contributed by atoms with E-state index >= 15 is 0 Å². The molecule has 0 amide bonds. The molecule has 0 unspecified atom stereocenters. The van der Waals surface area contributed by atoms with E-state index in [1.807, 2.05) is 0 Å². The molecule has 0 aromatic rings. The summed E-state index contributed by atoms with van der Waals surface area (Å²) >= 11 is 0.500. The van der Waals surface area contributed by atoms with Gasteiger partial charge in [0.15, 0.2) is 0 Å². The minimum absolute atomic E-state index is 0.500. The zero-order chi connectivity index (χ0) is 4.71. The molecule has 0 aromatic heterocycles. The number of hydrogen-bond acceptors (Lipinski definition) is 1. The van der Waals surface area contributed by atoms with Crippen molar-refractivity contribution in [3.63, 3.8) is 0 Å². The van der Waals surface area contributed by atoms with Crippen molar-refractivity contribution in [1.82, 2.24) is 0 Å². The molecule has 0 N–H and O–H groups in total. The second kappa shape index (κ2) is 20.7. The Hall–Kier alpha value is 0.895. The number of aldehydes is 1. The summed E-state index contributed by atoms with van der Waals surface area (Å²) < 4.78 is 0. The van der Waals surface area contributed by atoms with Crippen LogP contribution in [0.4, 0.5) is 0 Å². The van der Waals surface area contributed by atoms with E-state index in [0.717, 1.165) is 6.29 Å². The minimum atomic E-state index is 0.500. The molecular formula is C2H4ClHgO. The van der Waals surface area contributed by atoms with Crippen LogP contribution in [-0.4, -0.2) is 6.29 Å². The Bertz CT molecular complexity index is 17.1. The Kier molecular flexibility index (Phi) is 38.5. The fraction of sp³-hybridized carbons (Fsp3) is 0.500. The van der Waals surface area contributed by atoms with Gasteiger partial charge in [-0.3, -0.25) is 0 Å². The first-order valence-electron chi connectivity index (χ1n) is 1.08. The van der Waals surface area contributed by atoms with Crippen LogP contribution >= 0.6 is 8.25 Å². The van der Waals surface area contributed by atoms with E-state index in [2.05, 4.69) is 0 Å². The SMILES string of the molecule is CC=O.[Cl][Hg]. The van der Waals surface area contributed by atoms with Crippen molar-refractivity contribution >= 4 is 14.5 Å². The fourth-order valence-corrected chi connectivity index (χ4v) is 0. The Morgan fingerprint density at radius 3 is 1.80 bits per heavy atom. The van der Waals surface area contributed by atoms with Crippen LogP contribution in [0.3, 0.4) is 0 Å². The third kappa shape index (κ3) is 51.2. The number of rotatable bonds is 0. The van der Waals surface area contributed by atoms with Crippen molar-refractivity contribution in [3.8, 4) is 0 Å². The van der Waals surface area contributed by atoms with E-state index in [4.69, 9.17) is 13.0 Å². The Morgan fingerprint density at radius 2 is 1.80 bits per heavy atom. The molecule has 0 bridgehead atoms. The van der Waals surface area contributed by atoms with Crippen molar-refractivity contribution in [2.45, 2.75) is 6.92 Å².